The zero-order valence-corrected chi connectivity index (χ0v) is 25.3. The van der Waals surface area contributed by atoms with E-state index in [1.54, 1.807) is 6.20 Å². The first-order valence-electron chi connectivity index (χ1n) is 15.0. The molecule has 0 spiro atoms. The summed E-state index contributed by atoms with van der Waals surface area (Å²) < 4.78 is 1.91. The molecule has 1 saturated heterocycles. The molecule has 2 aromatic heterocycles. The van der Waals surface area contributed by atoms with E-state index in [9.17, 15) is 9.59 Å². The largest absolute Gasteiger partial charge is 0.337 e. The van der Waals surface area contributed by atoms with Gasteiger partial charge in [-0.15, -0.1) is 0 Å². The number of fused-ring (bicyclic) bond motifs is 1. The molecule has 1 aliphatic rings. The molecule has 0 radical (unpaired) electrons. The molecule has 44 heavy (non-hydrogen) atoms. The van der Waals surface area contributed by atoms with Crippen molar-refractivity contribution in [3.8, 4) is 11.3 Å². The topological polar surface area (TPSA) is 104 Å². The third-order valence-corrected chi connectivity index (χ3v) is 7.83. The van der Waals surface area contributed by atoms with Crippen molar-refractivity contribution >= 4 is 34.7 Å². The van der Waals surface area contributed by atoms with E-state index in [4.69, 9.17) is 4.98 Å². The highest BCUT2D eigenvalue weighted by Gasteiger charge is 2.18. The number of rotatable bonds is 6. The first-order chi connectivity index (χ1) is 21.2. The van der Waals surface area contributed by atoms with Gasteiger partial charge in [0.1, 0.15) is 0 Å². The second kappa shape index (κ2) is 12.3. The molecule has 1 fully saturated rings. The van der Waals surface area contributed by atoms with Gasteiger partial charge in [-0.25, -0.2) is 9.97 Å². The zero-order chi connectivity index (χ0) is 30.7. The van der Waals surface area contributed by atoms with Crippen LogP contribution in [0, 0.1) is 0 Å². The van der Waals surface area contributed by atoms with Crippen molar-refractivity contribution < 1.29 is 9.59 Å². The number of anilines is 3. The minimum Gasteiger partial charge on any atom is -0.337 e. The van der Waals surface area contributed by atoms with Gasteiger partial charge in [0.05, 0.1) is 5.69 Å². The number of benzene rings is 3. The fourth-order valence-electron chi connectivity index (χ4n) is 5.30. The first-order valence-corrected chi connectivity index (χ1v) is 15.0. The summed E-state index contributed by atoms with van der Waals surface area (Å²) in [5, 5.41) is 9.74. The lowest BCUT2D eigenvalue weighted by atomic mass is 9.87. The first kappa shape index (κ1) is 29.1. The van der Waals surface area contributed by atoms with Crippen molar-refractivity contribution in [1.82, 2.24) is 24.6 Å². The molecule has 224 valence electrons. The van der Waals surface area contributed by atoms with Gasteiger partial charge in [-0.1, -0.05) is 45.0 Å². The predicted octanol–water partition coefficient (Wildman–Crippen LogP) is 6.13. The molecular weight excluding hydrogens is 550 g/mol. The molecule has 0 atom stereocenters. The molecular formula is C35H37N7O2. The van der Waals surface area contributed by atoms with E-state index in [2.05, 4.69) is 41.7 Å². The summed E-state index contributed by atoms with van der Waals surface area (Å²) in [7, 11) is 0. The quantitative estimate of drug-likeness (QED) is 0.221. The summed E-state index contributed by atoms with van der Waals surface area (Å²) in [6, 6.07) is 22.8. The molecule has 3 heterocycles. The Labute approximate surface area is 257 Å². The fourth-order valence-corrected chi connectivity index (χ4v) is 5.30. The van der Waals surface area contributed by atoms with E-state index < -0.39 is 0 Å². The van der Waals surface area contributed by atoms with Gasteiger partial charge in [0, 0.05) is 66.3 Å². The lowest BCUT2D eigenvalue weighted by molar-refractivity contribution is 0.0766. The third kappa shape index (κ3) is 6.48. The highest BCUT2D eigenvalue weighted by molar-refractivity contribution is 6.04. The number of nitrogens with zero attached hydrogens (tertiary/aromatic N) is 4. The number of hydrogen-bond donors (Lipinski definition) is 3. The Bertz CT molecular complexity index is 1780. The number of imidazole rings is 1. The summed E-state index contributed by atoms with van der Waals surface area (Å²) in [4.78, 5) is 37.3. The summed E-state index contributed by atoms with van der Waals surface area (Å²) in [5.41, 5.74) is 6.17. The Morgan fingerprint density at radius 2 is 1.66 bits per heavy atom. The molecule has 0 unspecified atom stereocenters. The number of hydrogen-bond acceptors (Lipinski definition) is 6. The van der Waals surface area contributed by atoms with Gasteiger partial charge in [0.2, 0.25) is 0 Å². The molecule has 9 heteroatoms. The van der Waals surface area contributed by atoms with E-state index in [1.807, 2.05) is 94.5 Å². The third-order valence-electron chi connectivity index (χ3n) is 7.83. The maximum absolute atomic E-state index is 13.0. The number of nitrogens with one attached hydrogen (secondary N) is 3. The van der Waals surface area contributed by atoms with Crippen LogP contribution in [-0.4, -0.2) is 57.3 Å². The van der Waals surface area contributed by atoms with Crippen molar-refractivity contribution in [1.29, 1.82) is 0 Å². The van der Waals surface area contributed by atoms with Gasteiger partial charge in [0.15, 0.2) is 11.5 Å². The minimum atomic E-state index is -0.169. The second-order valence-electron chi connectivity index (χ2n) is 12.1. The smallest absolute Gasteiger partial charge is 0.255 e. The van der Waals surface area contributed by atoms with Gasteiger partial charge < -0.3 is 25.3 Å². The van der Waals surface area contributed by atoms with E-state index in [0.29, 0.717) is 40.5 Å². The summed E-state index contributed by atoms with van der Waals surface area (Å²) >= 11 is 0. The number of carbonyl (C=O) groups is 2. The molecule has 0 aliphatic carbocycles. The van der Waals surface area contributed by atoms with Crippen LogP contribution in [0.4, 0.5) is 17.2 Å². The number of aromatic nitrogens is 3. The average Bonchev–Trinajstić information content (AvgIpc) is 3.34. The second-order valence-corrected chi connectivity index (χ2v) is 12.1. The van der Waals surface area contributed by atoms with Crippen LogP contribution in [-0.2, 0) is 5.41 Å². The van der Waals surface area contributed by atoms with Crippen molar-refractivity contribution in [2.75, 3.05) is 36.8 Å². The number of amides is 2. The molecule has 1 aliphatic heterocycles. The van der Waals surface area contributed by atoms with Crippen molar-refractivity contribution in [2.45, 2.75) is 32.6 Å². The Morgan fingerprint density at radius 3 is 2.43 bits per heavy atom. The molecule has 3 N–H and O–H groups in total. The van der Waals surface area contributed by atoms with Crippen LogP contribution in [0.15, 0.2) is 91.4 Å². The molecule has 3 aromatic carbocycles. The highest BCUT2D eigenvalue weighted by Crippen LogP contribution is 2.27. The highest BCUT2D eigenvalue weighted by atomic mass is 16.2. The Balaban J connectivity index is 1.20. The standard InChI is InChI=1S/C35H37N7O2/c1-35(2,3)27-12-8-24(9-13-27)33(43)39-29-7-4-6-26(22-29)30-23-42-21-18-37-32(42)31(40-30)38-28-14-10-25(11-15-28)34(44)41-19-5-16-36-17-20-41/h4,6-15,18,21-23,36H,5,16-17,19-20H2,1-3H3,(H,38,40)(H,39,43). The minimum absolute atomic E-state index is 0.0212. The summed E-state index contributed by atoms with van der Waals surface area (Å²) in [6.07, 6.45) is 6.47. The molecule has 0 bridgehead atoms. The molecule has 5 aromatic rings. The maximum atomic E-state index is 13.0. The maximum Gasteiger partial charge on any atom is 0.255 e. The van der Waals surface area contributed by atoms with Gasteiger partial charge in [-0.05, 0) is 72.5 Å². The van der Waals surface area contributed by atoms with Crippen LogP contribution in [0.2, 0.25) is 0 Å². The van der Waals surface area contributed by atoms with Gasteiger partial charge in [-0.2, -0.15) is 0 Å². The summed E-state index contributed by atoms with van der Waals surface area (Å²) in [6.45, 7) is 9.67. The fraction of sp³-hybridized carbons (Fsp3) is 0.257. The van der Waals surface area contributed by atoms with Crippen LogP contribution in [0.3, 0.4) is 0 Å². The normalized spacial score (nSPS) is 13.8. The zero-order valence-electron chi connectivity index (χ0n) is 25.3. The van der Waals surface area contributed by atoms with Crippen LogP contribution in [0.1, 0.15) is 53.5 Å². The SMILES string of the molecule is CC(C)(C)c1ccc(C(=O)Nc2cccc(-c3cn4ccnc4c(Nc4ccc(C(=O)N5CCCNCC5)cc4)n3)c2)cc1. The van der Waals surface area contributed by atoms with Crippen LogP contribution in [0.5, 0.6) is 0 Å². The van der Waals surface area contributed by atoms with Crippen molar-refractivity contribution in [3.63, 3.8) is 0 Å². The van der Waals surface area contributed by atoms with Crippen LogP contribution < -0.4 is 16.0 Å². The van der Waals surface area contributed by atoms with Crippen LogP contribution >= 0.6 is 0 Å². The van der Waals surface area contributed by atoms with E-state index in [0.717, 1.165) is 37.3 Å². The van der Waals surface area contributed by atoms with E-state index in [-0.39, 0.29) is 17.2 Å². The Kier molecular flexibility index (Phi) is 8.13. The van der Waals surface area contributed by atoms with Crippen LogP contribution in [0.25, 0.3) is 16.9 Å². The molecule has 0 saturated carbocycles. The van der Waals surface area contributed by atoms with Crippen molar-refractivity contribution in [3.05, 3.63) is 108 Å². The Hall–Kier alpha value is -5.02. The van der Waals surface area contributed by atoms with E-state index >= 15 is 0 Å². The predicted molar refractivity (Wildman–Crippen MR) is 175 cm³/mol. The molecule has 9 nitrogen and oxygen atoms in total. The van der Waals surface area contributed by atoms with Crippen molar-refractivity contribution in [2.24, 2.45) is 0 Å². The Morgan fingerprint density at radius 1 is 0.886 bits per heavy atom. The van der Waals surface area contributed by atoms with E-state index in [1.165, 1.54) is 5.56 Å². The average molecular weight is 588 g/mol. The summed E-state index contributed by atoms with van der Waals surface area (Å²) in [5.74, 6) is 0.459. The van der Waals surface area contributed by atoms with Gasteiger partial charge >= 0.3 is 0 Å². The van der Waals surface area contributed by atoms with Gasteiger partial charge in [-0.3, -0.25) is 9.59 Å². The molecule has 2 amide bonds. The lowest BCUT2D eigenvalue weighted by Gasteiger charge is -2.20. The monoisotopic (exact) mass is 587 g/mol. The number of carbonyl (C=O) groups excluding carboxylic acids is 2. The van der Waals surface area contributed by atoms with Gasteiger partial charge in [0.25, 0.3) is 11.8 Å². The lowest BCUT2D eigenvalue weighted by Crippen LogP contribution is -2.34. The molecule has 6 rings (SSSR count).